The summed E-state index contributed by atoms with van der Waals surface area (Å²) in [5.74, 6) is 0.629. The topological polar surface area (TPSA) is 45.8 Å². The lowest BCUT2D eigenvalue weighted by atomic mass is 10.5. The normalized spacial score (nSPS) is 13.5. The molecule has 0 saturated heterocycles. The van der Waals surface area contributed by atoms with Crippen LogP contribution in [0.3, 0.4) is 0 Å². The van der Waals surface area contributed by atoms with Crippen LogP contribution in [0.2, 0.25) is 0 Å². The Labute approximate surface area is 78.0 Å². The van der Waals surface area contributed by atoms with E-state index in [1.807, 2.05) is 14.1 Å². The lowest BCUT2D eigenvalue weighted by molar-refractivity contribution is 0.438. The summed E-state index contributed by atoms with van der Waals surface area (Å²) < 4.78 is 16.3. The maximum absolute atomic E-state index is 11.0. The molecule has 0 aliphatic heterocycles. The average molecular weight is 200 g/mol. The molecule has 0 saturated carbocycles. The van der Waals surface area contributed by atoms with Crippen molar-refractivity contribution in [3.05, 3.63) is 17.9 Å². The van der Waals surface area contributed by atoms with Crippen LogP contribution in [0.4, 0.5) is 0 Å². The van der Waals surface area contributed by atoms with Crippen LogP contribution in [0.5, 0.6) is 0 Å². The molecule has 72 valence electrons. The molecule has 0 amide bonds. The van der Waals surface area contributed by atoms with Crippen molar-refractivity contribution >= 4 is 19.5 Å². The van der Waals surface area contributed by atoms with Crippen LogP contribution in [0.15, 0.2) is 21.7 Å². The van der Waals surface area contributed by atoms with Gasteiger partial charge in [-0.15, -0.1) is 0 Å². The minimum absolute atomic E-state index is 0.546. The Bertz CT molecular complexity index is 331. The van der Waals surface area contributed by atoms with E-state index in [4.69, 9.17) is 4.42 Å². The van der Waals surface area contributed by atoms with Gasteiger partial charge in [0, 0.05) is 14.1 Å². The van der Waals surface area contributed by atoms with Gasteiger partial charge in [-0.2, -0.15) is 5.10 Å². The predicted molar refractivity (Wildman–Crippen MR) is 54.5 cm³/mol. The highest BCUT2D eigenvalue weighted by Crippen LogP contribution is 2.14. The standard InChI is InChI=1S/C8H13N2O2P/c1-10(2)9-6-7-4-5-8(12-7)13(3)11/h4-6,13H,1-3H3/b9-6+. The zero-order chi connectivity index (χ0) is 9.84. The van der Waals surface area contributed by atoms with Gasteiger partial charge in [-0.25, -0.2) is 0 Å². The van der Waals surface area contributed by atoms with Gasteiger partial charge in [0.05, 0.1) is 6.21 Å². The molecule has 0 N–H and O–H groups in total. The Morgan fingerprint density at radius 1 is 1.54 bits per heavy atom. The van der Waals surface area contributed by atoms with Gasteiger partial charge in [-0.1, -0.05) is 0 Å². The molecule has 0 bridgehead atoms. The molecule has 0 aliphatic rings. The number of hydrogen-bond acceptors (Lipinski definition) is 4. The fraction of sp³-hybridized carbons (Fsp3) is 0.375. The van der Waals surface area contributed by atoms with Crippen LogP contribution >= 0.6 is 7.80 Å². The van der Waals surface area contributed by atoms with E-state index in [1.165, 1.54) is 0 Å². The monoisotopic (exact) mass is 200 g/mol. The lowest BCUT2D eigenvalue weighted by Crippen LogP contribution is -2.01. The van der Waals surface area contributed by atoms with Crippen molar-refractivity contribution in [2.45, 2.75) is 0 Å². The smallest absolute Gasteiger partial charge is 0.160 e. The first-order chi connectivity index (χ1) is 6.09. The molecule has 1 heterocycles. The average Bonchev–Trinajstić information content (AvgIpc) is 2.48. The zero-order valence-electron chi connectivity index (χ0n) is 7.94. The van der Waals surface area contributed by atoms with Gasteiger partial charge in [0.2, 0.25) is 0 Å². The Morgan fingerprint density at radius 2 is 2.23 bits per heavy atom. The number of hydrazone groups is 1. The Morgan fingerprint density at radius 3 is 2.69 bits per heavy atom. The molecular weight excluding hydrogens is 187 g/mol. The van der Waals surface area contributed by atoms with Gasteiger partial charge >= 0.3 is 0 Å². The summed E-state index contributed by atoms with van der Waals surface area (Å²) in [5.41, 5.74) is 0.546. The number of rotatable bonds is 3. The van der Waals surface area contributed by atoms with Crippen LogP contribution in [0.1, 0.15) is 5.76 Å². The van der Waals surface area contributed by atoms with Crippen molar-refractivity contribution in [2.75, 3.05) is 20.8 Å². The Hall–Kier alpha value is -1.02. The summed E-state index contributed by atoms with van der Waals surface area (Å²) in [7, 11) is 1.92. The molecule has 1 aromatic heterocycles. The largest absolute Gasteiger partial charge is 0.452 e. The van der Waals surface area contributed by atoms with Crippen molar-refractivity contribution in [1.29, 1.82) is 0 Å². The van der Waals surface area contributed by atoms with E-state index in [9.17, 15) is 4.57 Å². The fourth-order valence-electron chi connectivity index (χ4n) is 0.784. The third-order valence-electron chi connectivity index (χ3n) is 1.39. The minimum atomic E-state index is -1.72. The van der Waals surface area contributed by atoms with Crippen LogP contribution in [0.25, 0.3) is 0 Å². The number of nitrogens with zero attached hydrogens (tertiary/aromatic N) is 2. The van der Waals surface area contributed by atoms with Crippen LogP contribution in [-0.2, 0) is 4.57 Å². The summed E-state index contributed by atoms with van der Waals surface area (Å²) >= 11 is 0. The molecule has 1 rings (SSSR count). The van der Waals surface area contributed by atoms with E-state index >= 15 is 0 Å². The first-order valence-electron chi connectivity index (χ1n) is 3.91. The van der Waals surface area contributed by atoms with Crippen molar-refractivity contribution in [2.24, 2.45) is 5.10 Å². The minimum Gasteiger partial charge on any atom is -0.452 e. The second-order valence-corrected chi connectivity index (χ2v) is 4.46. The first-order valence-corrected chi connectivity index (χ1v) is 5.82. The first kappa shape index (κ1) is 10.1. The maximum atomic E-state index is 11.0. The van der Waals surface area contributed by atoms with Crippen molar-refractivity contribution in [1.82, 2.24) is 5.01 Å². The molecule has 0 aliphatic carbocycles. The summed E-state index contributed by atoms with van der Waals surface area (Å²) in [6.45, 7) is 1.65. The third-order valence-corrected chi connectivity index (χ3v) is 2.35. The second kappa shape index (κ2) is 4.28. The highest BCUT2D eigenvalue weighted by Gasteiger charge is 2.02. The third kappa shape index (κ3) is 3.07. The summed E-state index contributed by atoms with van der Waals surface area (Å²) in [4.78, 5) is 0. The SMILES string of the molecule is CN(C)/N=C/c1ccc([PH](C)=O)o1. The van der Waals surface area contributed by atoms with Crippen molar-refractivity contribution in [3.8, 4) is 0 Å². The molecule has 1 atom stereocenters. The number of hydrogen-bond donors (Lipinski definition) is 0. The zero-order valence-corrected chi connectivity index (χ0v) is 8.94. The molecule has 0 spiro atoms. The summed E-state index contributed by atoms with van der Waals surface area (Å²) in [6.07, 6.45) is 1.59. The van der Waals surface area contributed by atoms with Crippen LogP contribution in [-0.4, -0.2) is 32.0 Å². The Kier molecular flexibility index (Phi) is 3.32. The van der Waals surface area contributed by atoms with Crippen LogP contribution in [0, 0.1) is 0 Å². The molecular formula is C8H13N2O2P. The van der Waals surface area contributed by atoms with Gasteiger partial charge in [0.25, 0.3) is 0 Å². The molecule has 13 heavy (non-hydrogen) atoms. The van der Waals surface area contributed by atoms with E-state index in [0.29, 0.717) is 11.3 Å². The predicted octanol–water partition coefficient (Wildman–Crippen LogP) is 0.990. The quantitative estimate of drug-likeness (QED) is 0.415. The van der Waals surface area contributed by atoms with E-state index in [1.54, 1.807) is 30.0 Å². The van der Waals surface area contributed by atoms with Gasteiger partial charge in [0.15, 0.2) is 5.50 Å². The summed E-state index contributed by atoms with van der Waals surface area (Å²) in [6, 6.07) is 3.48. The van der Waals surface area contributed by atoms with Crippen molar-refractivity contribution < 1.29 is 8.98 Å². The molecule has 0 fully saturated rings. The van der Waals surface area contributed by atoms with Gasteiger partial charge in [-0.3, -0.25) is 0 Å². The summed E-state index contributed by atoms with van der Waals surface area (Å²) in [5, 5.41) is 5.66. The van der Waals surface area contributed by atoms with Crippen molar-refractivity contribution in [3.63, 3.8) is 0 Å². The van der Waals surface area contributed by atoms with Crippen LogP contribution < -0.4 is 5.50 Å². The highest BCUT2D eigenvalue weighted by molar-refractivity contribution is 7.52. The van der Waals surface area contributed by atoms with E-state index < -0.39 is 7.80 Å². The molecule has 4 nitrogen and oxygen atoms in total. The van der Waals surface area contributed by atoms with Gasteiger partial charge in [-0.05, 0) is 18.8 Å². The number of furan rings is 1. The van der Waals surface area contributed by atoms with E-state index in [-0.39, 0.29) is 0 Å². The molecule has 1 unspecified atom stereocenters. The second-order valence-electron chi connectivity index (χ2n) is 2.85. The molecule has 0 aromatic carbocycles. The molecule has 0 radical (unpaired) electrons. The fourth-order valence-corrected chi connectivity index (χ4v) is 1.36. The van der Waals surface area contributed by atoms with Gasteiger partial charge < -0.3 is 14.0 Å². The highest BCUT2D eigenvalue weighted by atomic mass is 31.1. The molecule has 1 aromatic rings. The molecule has 5 heteroatoms. The maximum Gasteiger partial charge on any atom is 0.160 e. The Balaban J connectivity index is 2.75. The van der Waals surface area contributed by atoms with E-state index in [0.717, 1.165) is 0 Å². The van der Waals surface area contributed by atoms with Gasteiger partial charge in [0.1, 0.15) is 13.6 Å². The van der Waals surface area contributed by atoms with E-state index in [2.05, 4.69) is 5.10 Å². The lowest BCUT2D eigenvalue weighted by Gasteiger charge is -2.00.